The number of carboxylic acids is 1. The van der Waals surface area contributed by atoms with Gasteiger partial charge in [-0.25, -0.2) is 18.0 Å². The number of carbonyl (C=O) groups is 3. The van der Waals surface area contributed by atoms with Crippen molar-refractivity contribution in [2.24, 2.45) is 0 Å². The molecule has 2 rings (SSSR count). The van der Waals surface area contributed by atoms with Gasteiger partial charge in [-0.1, -0.05) is 42.5 Å². The van der Waals surface area contributed by atoms with Gasteiger partial charge >= 0.3 is 11.9 Å². The number of aliphatic carboxylic acids is 1. The van der Waals surface area contributed by atoms with E-state index in [2.05, 4.69) is 15.4 Å². The van der Waals surface area contributed by atoms with Crippen molar-refractivity contribution in [2.45, 2.75) is 30.3 Å². The summed E-state index contributed by atoms with van der Waals surface area (Å²) in [5.41, 5.74) is 0.621. The van der Waals surface area contributed by atoms with E-state index >= 15 is 0 Å². The van der Waals surface area contributed by atoms with E-state index in [0.717, 1.165) is 12.7 Å². The molecule has 10 heteroatoms. The average Bonchev–Trinajstić information content (AvgIpc) is 2.77. The highest BCUT2D eigenvalue weighted by Crippen LogP contribution is 2.17. The topological polar surface area (TPSA) is 139 Å². The van der Waals surface area contributed by atoms with Crippen LogP contribution in [0.15, 0.2) is 59.5 Å². The number of methoxy groups -OCH3 is 1. The molecule has 2 atom stereocenters. The number of rotatable bonds is 10. The Morgan fingerprint density at radius 1 is 1.03 bits per heavy atom. The molecule has 1 unspecified atom stereocenters. The van der Waals surface area contributed by atoms with E-state index in [1.807, 2.05) is 0 Å². The summed E-state index contributed by atoms with van der Waals surface area (Å²) in [6.07, 6.45) is 0.0828. The molecule has 0 spiro atoms. The molecule has 2 aromatic rings. The van der Waals surface area contributed by atoms with Crippen LogP contribution in [0.2, 0.25) is 0 Å². The summed E-state index contributed by atoms with van der Waals surface area (Å²) >= 11 is 0. The van der Waals surface area contributed by atoms with E-state index in [4.69, 9.17) is 0 Å². The van der Waals surface area contributed by atoms with Gasteiger partial charge in [0.1, 0.15) is 11.9 Å². The first-order chi connectivity index (χ1) is 14.7. The highest BCUT2D eigenvalue weighted by molar-refractivity contribution is 7.91. The lowest BCUT2D eigenvalue weighted by atomic mass is 10.1. The standard InChI is InChI=1S/C21H24N2O7S/c1-14(19(24)23-17(20(25)26)12-15-8-4-3-5-9-15)22-13-31(28,29)18-11-7-6-10-16(18)21(27)30-2/h3-11,14,17,22H,12-13H2,1-2H3,(H,23,24)(H,25,26)/t14?,17-/m0/s1. The van der Waals surface area contributed by atoms with Crippen molar-refractivity contribution < 1.29 is 32.6 Å². The Labute approximate surface area is 180 Å². The van der Waals surface area contributed by atoms with Crippen LogP contribution in [0.1, 0.15) is 22.8 Å². The molecule has 0 aliphatic rings. The lowest BCUT2D eigenvalue weighted by Gasteiger charge is -2.19. The fourth-order valence-corrected chi connectivity index (χ4v) is 4.17. The van der Waals surface area contributed by atoms with Gasteiger partial charge in [0.25, 0.3) is 0 Å². The second-order valence-electron chi connectivity index (χ2n) is 6.76. The van der Waals surface area contributed by atoms with Gasteiger partial charge in [-0.05, 0) is 24.6 Å². The molecule has 0 aromatic heterocycles. The molecule has 9 nitrogen and oxygen atoms in total. The predicted octanol–water partition coefficient (Wildman–Crippen LogP) is 0.995. The monoisotopic (exact) mass is 448 g/mol. The van der Waals surface area contributed by atoms with Crippen molar-refractivity contribution >= 4 is 27.7 Å². The summed E-state index contributed by atoms with van der Waals surface area (Å²) < 4.78 is 30.0. The fourth-order valence-electron chi connectivity index (χ4n) is 2.77. The first kappa shape index (κ1) is 24.0. The third-order valence-electron chi connectivity index (χ3n) is 4.50. The lowest BCUT2D eigenvalue weighted by molar-refractivity contribution is -0.142. The molecule has 0 saturated carbocycles. The molecular weight excluding hydrogens is 424 g/mol. The van der Waals surface area contributed by atoms with Gasteiger partial charge in [0, 0.05) is 6.42 Å². The van der Waals surface area contributed by atoms with Crippen molar-refractivity contribution in [3.8, 4) is 0 Å². The van der Waals surface area contributed by atoms with E-state index in [0.29, 0.717) is 0 Å². The Bertz CT molecular complexity index is 1040. The van der Waals surface area contributed by atoms with Gasteiger partial charge in [0.05, 0.1) is 23.6 Å². The average molecular weight is 448 g/mol. The number of esters is 1. The summed E-state index contributed by atoms with van der Waals surface area (Å²) in [4.78, 5) is 35.5. The van der Waals surface area contributed by atoms with Crippen LogP contribution in [0.4, 0.5) is 0 Å². The molecule has 0 bridgehead atoms. The quantitative estimate of drug-likeness (QED) is 0.458. The highest BCUT2D eigenvalue weighted by Gasteiger charge is 2.26. The summed E-state index contributed by atoms with van der Waals surface area (Å²) in [6, 6.07) is 12.2. The predicted molar refractivity (Wildman–Crippen MR) is 112 cm³/mol. The zero-order valence-electron chi connectivity index (χ0n) is 17.1. The van der Waals surface area contributed by atoms with E-state index in [9.17, 15) is 27.9 Å². The van der Waals surface area contributed by atoms with Crippen molar-refractivity contribution in [1.82, 2.24) is 10.6 Å². The maximum atomic E-state index is 12.7. The molecule has 0 aliphatic heterocycles. The fraction of sp³-hybridized carbons (Fsp3) is 0.286. The number of hydrogen-bond acceptors (Lipinski definition) is 7. The molecular formula is C21H24N2O7S. The molecule has 2 aromatic carbocycles. The third-order valence-corrected chi connectivity index (χ3v) is 6.07. The smallest absolute Gasteiger partial charge is 0.339 e. The van der Waals surface area contributed by atoms with Gasteiger partial charge in [0.2, 0.25) is 5.91 Å². The Hall–Kier alpha value is -3.24. The SMILES string of the molecule is COC(=O)c1ccccc1S(=O)(=O)CNC(C)C(=O)N[C@@H](Cc1ccccc1)C(=O)O. The molecule has 0 aliphatic carbocycles. The number of benzene rings is 2. The molecule has 31 heavy (non-hydrogen) atoms. The maximum Gasteiger partial charge on any atom is 0.339 e. The normalized spacial score (nSPS) is 13.1. The number of nitrogens with one attached hydrogen (secondary N) is 2. The summed E-state index contributed by atoms with van der Waals surface area (Å²) in [7, 11) is -2.83. The van der Waals surface area contributed by atoms with Gasteiger partial charge in [0.15, 0.2) is 9.84 Å². The van der Waals surface area contributed by atoms with E-state index < -0.39 is 45.6 Å². The number of carbonyl (C=O) groups excluding carboxylic acids is 2. The minimum atomic E-state index is -3.98. The van der Waals surface area contributed by atoms with Crippen LogP contribution in [-0.4, -0.2) is 56.4 Å². The molecule has 0 radical (unpaired) electrons. The second kappa shape index (κ2) is 10.7. The Kier molecular flexibility index (Phi) is 8.29. The first-order valence-corrected chi connectivity index (χ1v) is 11.0. The molecule has 1 amide bonds. The van der Waals surface area contributed by atoms with Crippen LogP contribution < -0.4 is 10.6 Å². The van der Waals surface area contributed by atoms with Crippen LogP contribution in [0.3, 0.4) is 0 Å². The number of ether oxygens (including phenoxy) is 1. The summed E-state index contributed by atoms with van der Waals surface area (Å²) in [6.45, 7) is 1.42. The van der Waals surface area contributed by atoms with Crippen molar-refractivity contribution in [3.05, 3.63) is 65.7 Å². The maximum absolute atomic E-state index is 12.7. The number of hydrogen-bond donors (Lipinski definition) is 3. The zero-order valence-corrected chi connectivity index (χ0v) is 17.9. The van der Waals surface area contributed by atoms with Crippen molar-refractivity contribution in [1.29, 1.82) is 0 Å². The third kappa shape index (κ3) is 6.63. The summed E-state index contributed by atoms with van der Waals surface area (Å²) in [5.74, 6) is -3.30. The minimum absolute atomic E-state index is 0.0828. The van der Waals surface area contributed by atoms with Crippen molar-refractivity contribution in [3.63, 3.8) is 0 Å². The van der Waals surface area contributed by atoms with Crippen LogP contribution in [0.5, 0.6) is 0 Å². The zero-order chi connectivity index (χ0) is 23.0. The molecule has 3 N–H and O–H groups in total. The van der Waals surface area contributed by atoms with Gasteiger partial charge in [-0.2, -0.15) is 0 Å². The number of amides is 1. The molecule has 0 heterocycles. The molecule has 166 valence electrons. The molecule has 0 saturated heterocycles. The van der Waals surface area contributed by atoms with Crippen molar-refractivity contribution in [2.75, 3.05) is 13.0 Å². The van der Waals surface area contributed by atoms with E-state index in [-0.39, 0.29) is 16.9 Å². The number of sulfone groups is 1. The van der Waals surface area contributed by atoms with Gasteiger partial charge in [-0.15, -0.1) is 0 Å². The number of carboxylic acid groups (broad SMARTS) is 1. The van der Waals surface area contributed by atoms with Crippen LogP contribution in [0.25, 0.3) is 0 Å². The first-order valence-electron chi connectivity index (χ1n) is 9.36. The largest absolute Gasteiger partial charge is 0.480 e. The molecule has 0 fully saturated rings. The van der Waals surface area contributed by atoms with Gasteiger partial charge < -0.3 is 15.2 Å². The van der Waals surface area contributed by atoms with E-state index in [1.165, 1.54) is 31.2 Å². The van der Waals surface area contributed by atoms with Crippen LogP contribution in [0, 0.1) is 0 Å². The van der Waals surface area contributed by atoms with Crippen LogP contribution in [-0.2, 0) is 30.6 Å². The van der Waals surface area contributed by atoms with E-state index in [1.54, 1.807) is 30.3 Å². The summed E-state index contributed by atoms with van der Waals surface area (Å²) in [5, 5.41) is 14.4. The Morgan fingerprint density at radius 2 is 1.65 bits per heavy atom. The van der Waals surface area contributed by atoms with Gasteiger partial charge in [-0.3, -0.25) is 10.1 Å². The Balaban J connectivity index is 2.04. The lowest BCUT2D eigenvalue weighted by Crippen LogP contribution is -2.50. The highest BCUT2D eigenvalue weighted by atomic mass is 32.2. The van der Waals surface area contributed by atoms with Crippen LogP contribution >= 0.6 is 0 Å². The Morgan fingerprint density at radius 3 is 2.26 bits per heavy atom. The minimum Gasteiger partial charge on any atom is -0.480 e. The second-order valence-corrected chi connectivity index (χ2v) is 8.72.